The van der Waals surface area contributed by atoms with Gasteiger partial charge in [-0.3, -0.25) is 0 Å². The molecule has 1 aromatic heterocycles. The van der Waals surface area contributed by atoms with Gasteiger partial charge in [-0.05, 0) is 18.1 Å². The first-order chi connectivity index (χ1) is 5.11. The van der Waals surface area contributed by atoms with Gasteiger partial charge in [-0.2, -0.15) is 4.98 Å². The normalized spacial score (nSPS) is 13.8. The Hall–Kier alpha value is -0.640. The molecule has 0 spiro atoms. The molecule has 11 heavy (non-hydrogen) atoms. The zero-order valence-corrected chi connectivity index (χ0v) is 7.73. The van der Waals surface area contributed by atoms with Crippen LogP contribution in [0.3, 0.4) is 0 Å². The van der Waals surface area contributed by atoms with Crippen molar-refractivity contribution in [1.29, 1.82) is 0 Å². The minimum absolute atomic E-state index is 0.285. The third-order valence-corrected chi connectivity index (χ3v) is 2.06. The first kappa shape index (κ1) is 8.46. The molecule has 0 fully saturated rings. The molecule has 0 radical (unpaired) electrons. The molecule has 1 unspecified atom stereocenters. The van der Waals surface area contributed by atoms with Crippen LogP contribution in [0.1, 0.15) is 32.5 Å². The molecule has 0 aliphatic rings. The Labute approximate surface area is 70.8 Å². The predicted octanol–water partition coefficient (Wildman–Crippen LogP) is 2.49. The Morgan fingerprint density at radius 1 is 1.45 bits per heavy atom. The molecule has 0 aliphatic carbocycles. The third kappa shape index (κ3) is 1.89. The molecule has 0 amide bonds. The van der Waals surface area contributed by atoms with Crippen LogP contribution >= 0.6 is 12.2 Å². The standard InChI is InChI=1S/C7H12N2OS/c1-4(2)5(3)6-8-7(11)10-9-6/h4-5H,1-3H3,(H,8,9,11). The molecule has 1 aromatic rings. The minimum Gasteiger partial charge on any atom is -0.348 e. The smallest absolute Gasteiger partial charge is 0.314 e. The summed E-state index contributed by atoms with van der Waals surface area (Å²) < 4.78 is 4.81. The lowest BCUT2D eigenvalue weighted by Gasteiger charge is -2.10. The van der Waals surface area contributed by atoms with Gasteiger partial charge in [0.25, 0.3) is 0 Å². The zero-order valence-electron chi connectivity index (χ0n) is 6.92. The monoisotopic (exact) mass is 172 g/mol. The summed E-state index contributed by atoms with van der Waals surface area (Å²) in [7, 11) is 0. The lowest BCUT2D eigenvalue weighted by atomic mass is 9.98. The molecule has 3 nitrogen and oxygen atoms in total. The maximum Gasteiger partial charge on any atom is 0.314 e. The van der Waals surface area contributed by atoms with E-state index in [9.17, 15) is 0 Å². The maximum absolute atomic E-state index is 4.81. The van der Waals surface area contributed by atoms with E-state index in [-0.39, 0.29) is 4.84 Å². The van der Waals surface area contributed by atoms with Gasteiger partial charge >= 0.3 is 4.84 Å². The van der Waals surface area contributed by atoms with Gasteiger partial charge in [-0.25, -0.2) is 5.16 Å². The molecule has 0 aliphatic heterocycles. The van der Waals surface area contributed by atoms with Crippen molar-refractivity contribution < 1.29 is 4.52 Å². The minimum atomic E-state index is 0.285. The number of hydrogen-bond donors (Lipinski definition) is 1. The van der Waals surface area contributed by atoms with Crippen LogP contribution in [0.2, 0.25) is 0 Å². The van der Waals surface area contributed by atoms with Gasteiger partial charge in [-0.1, -0.05) is 20.8 Å². The zero-order chi connectivity index (χ0) is 8.43. The molecule has 0 saturated heterocycles. The highest BCUT2D eigenvalue weighted by molar-refractivity contribution is 7.71. The van der Waals surface area contributed by atoms with Crippen LogP contribution in [0, 0.1) is 10.8 Å². The first-order valence-electron chi connectivity index (χ1n) is 3.66. The van der Waals surface area contributed by atoms with Crippen molar-refractivity contribution >= 4 is 12.2 Å². The summed E-state index contributed by atoms with van der Waals surface area (Å²) in [4.78, 5) is 4.31. The average molecular weight is 172 g/mol. The number of aromatic nitrogens is 2. The molecule has 0 bridgehead atoms. The molecule has 0 saturated carbocycles. The lowest BCUT2D eigenvalue weighted by Crippen LogP contribution is -2.03. The molecule has 4 heteroatoms. The number of hydrogen-bond acceptors (Lipinski definition) is 3. The molecule has 1 atom stereocenters. The van der Waals surface area contributed by atoms with Gasteiger partial charge in [-0.15, -0.1) is 0 Å². The molecular formula is C7H12N2OS. The van der Waals surface area contributed by atoms with Crippen molar-refractivity contribution in [2.24, 2.45) is 5.92 Å². The summed E-state index contributed by atoms with van der Waals surface area (Å²) in [6.45, 7) is 6.36. The highest BCUT2D eigenvalue weighted by Gasteiger charge is 2.12. The Morgan fingerprint density at radius 3 is 2.45 bits per heavy atom. The van der Waals surface area contributed by atoms with Crippen LogP contribution < -0.4 is 0 Å². The molecule has 1 N–H and O–H groups in total. The van der Waals surface area contributed by atoms with Crippen molar-refractivity contribution in [3.05, 3.63) is 10.7 Å². The summed E-state index contributed by atoms with van der Waals surface area (Å²) >= 11 is 4.73. The Morgan fingerprint density at radius 2 is 2.09 bits per heavy atom. The second kappa shape index (κ2) is 3.17. The average Bonchev–Trinajstić information content (AvgIpc) is 2.34. The van der Waals surface area contributed by atoms with E-state index in [1.807, 2.05) is 0 Å². The molecule has 1 heterocycles. The molecule has 62 valence electrons. The lowest BCUT2D eigenvalue weighted by molar-refractivity contribution is 0.385. The summed E-state index contributed by atoms with van der Waals surface area (Å²) in [6.07, 6.45) is 0. The third-order valence-electron chi connectivity index (χ3n) is 1.89. The summed E-state index contributed by atoms with van der Waals surface area (Å²) in [5.41, 5.74) is 0. The highest BCUT2D eigenvalue weighted by atomic mass is 32.1. The largest absolute Gasteiger partial charge is 0.348 e. The van der Waals surface area contributed by atoms with E-state index in [0.717, 1.165) is 5.82 Å². The summed E-state index contributed by atoms with van der Waals surface area (Å²) in [6, 6.07) is 0. The van der Waals surface area contributed by atoms with E-state index >= 15 is 0 Å². The second-order valence-corrected chi connectivity index (χ2v) is 3.35. The van der Waals surface area contributed by atoms with Crippen LogP contribution in [0.25, 0.3) is 0 Å². The van der Waals surface area contributed by atoms with Crippen molar-refractivity contribution in [2.75, 3.05) is 0 Å². The van der Waals surface area contributed by atoms with E-state index in [2.05, 4.69) is 30.9 Å². The SMILES string of the molecule is CC(C)C(C)c1nc(=S)o[nH]1. The van der Waals surface area contributed by atoms with Crippen molar-refractivity contribution in [1.82, 2.24) is 10.1 Å². The van der Waals surface area contributed by atoms with Crippen LogP contribution in [0.5, 0.6) is 0 Å². The van der Waals surface area contributed by atoms with E-state index in [4.69, 9.17) is 16.7 Å². The van der Waals surface area contributed by atoms with Gasteiger partial charge in [0.15, 0.2) is 0 Å². The number of rotatable bonds is 2. The fraction of sp³-hybridized carbons (Fsp3) is 0.714. The van der Waals surface area contributed by atoms with Crippen LogP contribution in [-0.4, -0.2) is 10.1 Å². The van der Waals surface area contributed by atoms with Crippen LogP contribution in [-0.2, 0) is 0 Å². The van der Waals surface area contributed by atoms with Gasteiger partial charge < -0.3 is 4.52 Å². The first-order valence-corrected chi connectivity index (χ1v) is 4.07. The fourth-order valence-corrected chi connectivity index (χ4v) is 0.890. The molecular weight excluding hydrogens is 160 g/mol. The number of nitrogens with one attached hydrogen (secondary N) is 1. The van der Waals surface area contributed by atoms with E-state index in [1.165, 1.54) is 0 Å². The highest BCUT2D eigenvalue weighted by Crippen LogP contribution is 2.19. The van der Waals surface area contributed by atoms with Crippen LogP contribution in [0.15, 0.2) is 4.52 Å². The maximum atomic E-state index is 4.81. The quantitative estimate of drug-likeness (QED) is 0.697. The van der Waals surface area contributed by atoms with Gasteiger partial charge in [0.1, 0.15) is 5.82 Å². The van der Waals surface area contributed by atoms with Gasteiger partial charge in [0.05, 0.1) is 0 Å². The van der Waals surface area contributed by atoms with Crippen molar-refractivity contribution in [2.45, 2.75) is 26.7 Å². The Balaban J connectivity index is 2.84. The van der Waals surface area contributed by atoms with Crippen LogP contribution in [0.4, 0.5) is 0 Å². The van der Waals surface area contributed by atoms with Gasteiger partial charge in [0.2, 0.25) is 0 Å². The fourth-order valence-electron chi connectivity index (χ4n) is 0.750. The van der Waals surface area contributed by atoms with Gasteiger partial charge in [0, 0.05) is 5.92 Å². The second-order valence-electron chi connectivity index (χ2n) is 3.00. The number of H-pyrrole nitrogens is 1. The molecule has 1 rings (SSSR count). The molecule has 0 aromatic carbocycles. The topological polar surface area (TPSA) is 41.8 Å². The number of nitrogens with zero attached hydrogens (tertiary/aromatic N) is 1. The summed E-state index contributed by atoms with van der Waals surface area (Å²) in [5, 5.41) is 2.70. The Bertz CT molecular complexity index is 276. The van der Waals surface area contributed by atoms with E-state index < -0.39 is 0 Å². The number of aromatic amines is 1. The Kier molecular flexibility index (Phi) is 2.44. The van der Waals surface area contributed by atoms with E-state index in [1.54, 1.807) is 0 Å². The predicted molar refractivity (Wildman–Crippen MR) is 44.9 cm³/mol. The van der Waals surface area contributed by atoms with E-state index in [0.29, 0.717) is 11.8 Å². The van der Waals surface area contributed by atoms with Crippen molar-refractivity contribution in [3.63, 3.8) is 0 Å². The summed E-state index contributed by atoms with van der Waals surface area (Å²) in [5.74, 6) is 1.76. The van der Waals surface area contributed by atoms with Crippen molar-refractivity contribution in [3.8, 4) is 0 Å².